The van der Waals surface area contributed by atoms with E-state index in [1.807, 2.05) is 62.5 Å². The summed E-state index contributed by atoms with van der Waals surface area (Å²) in [5.74, 6) is 1.06. The van der Waals surface area contributed by atoms with Crippen LogP contribution < -0.4 is 14.4 Å². The van der Waals surface area contributed by atoms with Crippen molar-refractivity contribution in [2.24, 2.45) is 0 Å². The van der Waals surface area contributed by atoms with Crippen LogP contribution in [0.4, 0.5) is 15.9 Å². The molecule has 0 saturated heterocycles. The van der Waals surface area contributed by atoms with Gasteiger partial charge in [-0.1, -0.05) is 12.1 Å². The second-order valence-corrected chi connectivity index (χ2v) is 8.99. The Morgan fingerprint density at radius 1 is 1.00 bits per heavy atom. The van der Waals surface area contributed by atoms with Crippen molar-refractivity contribution in [3.63, 3.8) is 0 Å². The number of hydrogen-bond acceptors (Lipinski definition) is 8. The van der Waals surface area contributed by atoms with Crippen LogP contribution in [0.25, 0.3) is 27.8 Å². The maximum absolute atomic E-state index is 15.7. The number of methoxy groups -OCH3 is 2. The van der Waals surface area contributed by atoms with Crippen LogP contribution in [0.2, 0.25) is 0 Å². The molecule has 0 bridgehead atoms. The highest BCUT2D eigenvalue weighted by atomic mass is 19.1. The van der Waals surface area contributed by atoms with E-state index in [9.17, 15) is 0 Å². The van der Waals surface area contributed by atoms with Gasteiger partial charge in [-0.2, -0.15) is 0 Å². The molecule has 0 atom stereocenters. The van der Waals surface area contributed by atoms with Gasteiger partial charge in [0, 0.05) is 32.4 Å². The number of rotatable bonds is 8. The minimum Gasteiger partial charge on any atom is -0.497 e. The summed E-state index contributed by atoms with van der Waals surface area (Å²) < 4.78 is 26.4. The normalized spacial score (nSPS) is 11.7. The zero-order chi connectivity index (χ0) is 26.8. The zero-order valence-corrected chi connectivity index (χ0v) is 21.9. The molecule has 5 rings (SSSR count). The van der Waals surface area contributed by atoms with Crippen molar-refractivity contribution in [1.29, 1.82) is 0 Å². The van der Waals surface area contributed by atoms with Crippen LogP contribution in [0, 0.1) is 5.82 Å². The lowest BCUT2D eigenvalue weighted by Gasteiger charge is -2.25. The molecule has 0 unspecified atom stereocenters. The fourth-order valence-electron chi connectivity index (χ4n) is 4.22. The molecular weight excluding hydrogens is 485 g/mol. The fourth-order valence-corrected chi connectivity index (χ4v) is 4.22. The molecule has 0 radical (unpaired) electrons. The molecule has 0 spiro atoms. The lowest BCUT2D eigenvalue weighted by atomic mass is 10.2. The van der Waals surface area contributed by atoms with Gasteiger partial charge >= 0.3 is 0 Å². The summed E-state index contributed by atoms with van der Waals surface area (Å²) in [6.07, 6.45) is 3.68. The number of aromatic nitrogens is 5. The Balaban J connectivity index is 1.66. The Bertz CT molecular complexity index is 1610. The monoisotopic (exact) mass is 513 g/mol. The predicted octanol–water partition coefficient (Wildman–Crippen LogP) is 5.32. The first-order chi connectivity index (χ1) is 18.4. The van der Waals surface area contributed by atoms with Gasteiger partial charge in [-0.3, -0.25) is 4.98 Å². The maximum Gasteiger partial charge on any atom is 0.188 e. The van der Waals surface area contributed by atoms with Crippen molar-refractivity contribution in [1.82, 2.24) is 29.8 Å². The van der Waals surface area contributed by atoms with Gasteiger partial charge in [-0.05, 0) is 36.8 Å². The van der Waals surface area contributed by atoms with E-state index >= 15 is 4.39 Å². The smallest absolute Gasteiger partial charge is 0.188 e. The number of imidazole rings is 1. The average molecular weight is 514 g/mol. The Morgan fingerprint density at radius 2 is 1.82 bits per heavy atom. The van der Waals surface area contributed by atoms with Gasteiger partial charge in [0.05, 0.1) is 49.4 Å². The van der Waals surface area contributed by atoms with E-state index in [0.717, 1.165) is 16.6 Å². The van der Waals surface area contributed by atoms with Gasteiger partial charge in [0.25, 0.3) is 0 Å². The molecule has 3 heterocycles. The van der Waals surface area contributed by atoms with E-state index in [0.29, 0.717) is 34.2 Å². The van der Waals surface area contributed by atoms with Crippen molar-refractivity contribution in [3.8, 4) is 11.5 Å². The van der Waals surface area contributed by atoms with Gasteiger partial charge in [0.15, 0.2) is 17.2 Å². The molecule has 10 heteroatoms. The molecule has 3 aromatic heterocycles. The first-order valence-corrected chi connectivity index (χ1v) is 12.0. The fraction of sp³-hybridized carbons (Fsp3) is 0.214. The highest BCUT2D eigenvalue weighted by Crippen LogP contribution is 2.37. The summed E-state index contributed by atoms with van der Waals surface area (Å²) in [4.78, 5) is 25.7. The predicted molar refractivity (Wildman–Crippen MR) is 146 cm³/mol. The molecule has 5 aromatic rings. The number of allylic oxidation sites excluding steroid dienone is 1. The van der Waals surface area contributed by atoms with Crippen LogP contribution in [0.5, 0.6) is 11.5 Å². The van der Waals surface area contributed by atoms with E-state index < -0.39 is 5.82 Å². The van der Waals surface area contributed by atoms with Crippen molar-refractivity contribution in [3.05, 3.63) is 78.3 Å². The molecule has 2 aromatic carbocycles. The topological polar surface area (TPSA) is 92.3 Å². The number of nitrogens with one attached hydrogen (secondary N) is 1. The van der Waals surface area contributed by atoms with Crippen LogP contribution >= 0.6 is 0 Å². The minimum absolute atomic E-state index is 0.0567. The number of benzene rings is 2. The van der Waals surface area contributed by atoms with Gasteiger partial charge in [0.1, 0.15) is 22.9 Å². The van der Waals surface area contributed by atoms with Crippen LogP contribution in [0.1, 0.15) is 18.4 Å². The highest BCUT2D eigenvalue weighted by Gasteiger charge is 2.22. The van der Waals surface area contributed by atoms with Crippen LogP contribution in [-0.4, -0.2) is 58.1 Å². The van der Waals surface area contributed by atoms with Gasteiger partial charge in [0.2, 0.25) is 0 Å². The molecule has 0 aliphatic heterocycles. The summed E-state index contributed by atoms with van der Waals surface area (Å²) in [5, 5.41) is 0. The van der Waals surface area contributed by atoms with E-state index in [-0.39, 0.29) is 18.0 Å². The minimum atomic E-state index is -0.545. The Hall–Kier alpha value is -4.73. The summed E-state index contributed by atoms with van der Waals surface area (Å²) in [6.45, 7) is 2.17. The number of anilines is 2. The van der Waals surface area contributed by atoms with Crippen LogP contribution in [-0.2, 0) is 6.54 Å². The Morgan fingerprint density at radius 3 is 2.55 bits per heavy atom. The van der Waals surface area contributed by atoms with E-state index in [1.165, 1.54) is 20.3 Å². The number of nitrogens with zero attached hydrogens (tertiary/aromatic N) is 6. The SMILES string of the molecule is COc1cc(OC)c(F)c(N(Cc2nc3ccccc3[nH]2)c2ccc3ncc(/C(C)=C/N(C)C)nc3n2)c1. The first-order valence-electron chi connectivity index (χ1n) is 12.0. The van der Waals surface area contributed by atoms with Crippen molar-refractivity contribution in [2.75, 3.05) is 33.2 Å². The summed E-state index contributed by atoms with van der Waals surface area (Å²) in [7, 11) is 6.83. The quantitative estimate of drug-likeness (QED) is 0.298. The van der Waals surface area contributed by atoms with E-state index in [2.05, 4.69) is 9.97 Å². The third-order valence-corrected chi connectivity index (χ3v) is 6.01. The van der Waals surface area contributed by atoms with Crippen molar-refractivity contribution in [2.45, 2.75) is 13.5 Å². The lowest BCUT2D eigenvalue weighted by molar-refractivity contribution is 0.374. The molecule has 1 N–H and O–H groups in total. The first kappa shape index (κ1) is 24.9. The molecule has 38 heavy (non-hydrogen) atoms. The summed E-state index contributed by atoms with van der Waals surface area (Å²) in [5.41, 5.74) is 4.64. The zero-order valence-electron chi connectivity index (χ0n) is 21.9. The number of halogens is 1. The molecule has 0 aliphatic rings. The average Bonchev–Trinajstić information content (AvgIpc) is 3.33. The number of hydrogen-bond donors (Lipinski definition) is 1. The third kappa shape index (κ3) is 4.93. The molecule has 0 aliphatic carbocycles. The third-order valence-electron chi connectivity index (χ3n) is 6.01. The number of fused-ring (bicyclic) bond motifs is 2. The Kier molecular flexibility index (Phi) is 6.78. The summed E-state index contributed by atoms with van der Waals surface area (Å²) >= 11 is 0. The molecule has 0 fully saturated rings. The number of ether oxygens (including phenoxy) is 2. The number of H-pyrrole nitrogens is 1. The van der Waals surface area contributed by atoms with Gasteiger partial charge in [-0.15, -0.1) is 0 Å². The largest absolute Gasteiger partial charge is 0.497 e. The van der Waals surface area contributed by atoms with Crippen LogP contribution in [0.15, 0.2) is 60.9 Å². The van der Waals surface area contributed by atoms with Gasteiger partial charge < -0.3 is 24.3 Å². The molecule has 194 valence electrons. The van der Waals surface area contributed by atoms with Crippen LogP contribution in [0.3, 0.4) is 0 Å². The van der Waals surface area contributed by atoms with Crippen molar-refractivity contribution < 1.29 is 13.9 Å². The van der Waals surface area contributed by atoms with E-state index in [4.69, 9.17) is 24.4 Å². The number of para-hydroxylation sites is 2. The highest BCUT2D eigenvalue weighted by molar-refractivity contribution is 5.77. The standard InChI is InChI=1S/C28H28FN7O2/c1-17(15-35(2)3)22-14-30-21-10-11-26(34-28(21)33-22)36(16-25-31-19-8-6-7-9-20(19)32-25)23-12-18(37-4)13-24(38-5)27(23)29/h6-15H,16H2,1-5H3,(H,31,32)/b17-15+. The van der Waals surface area contributed by atoms with Gasteiger partial charge in [-0.25, -0.2) is 19.3 Å². The summed E-state index contributed by atoms with van der Waals surface area (Å²) in [6, 6.07) is 14.4. The second kappa shape index (κ2) is 10.3. The maximum atomic E-state index is 15.7. The lowest BCUT2D eigenvalue weighted by Crippen LogP contribution is -2.20. The Labute approximate surface area is 219 Å². The molecule has 9 nitrogen and oxygen atoms in total. The molecular formula is C28H28FN7O2. The molecule has 0 amide bonds. The second-order valence-electron chi connectivity index (χ2n) is 8.99. The van der Waals surface area contributed by atoms with Crippen molar-refractivity contribution >= 4 is 39.3 Å². The number of aromatic amines is 1. The molecule has 0 saturated carbocycles. The van der Waals surface area contributed by atoms with E-state index in [1.54, 1.807) is 23.2 Å². The number of pyridine rings is 1.